The third-order valence-corrected chi connectivity index (χ3v) is 2.69. The van der Waals surface area contributed by atoms with Gasteiger partial charge in [-0.15, -0.1) is 0 Å². The van der Waals surface area contributed by atoms with Crippen LogP contribution in [0.15, 0.2) is 34.0 Å². The number of carboxylic acids is 1. The van der Waals surface area contributed by atoms with E-state index in [2.05, 4.69) is 10.2 Å². The van der Waals surface area contributed by atoms with E-state index in [9.17, 15) is 4.79 Å². The molecule has 0 saturated carbocycles. The molecule has 1 heterocycles. The Balaban J connectivity index is 1.67. The van der Waals surface area contributed by atoms with E-state index in [1.54, 1.807) is 0 Å². The van der Waals surface area contributed by atoms with Crippen LogP contribution in [-0.2, 0) is 4.79 Å². The van der Waals surface area contributed by atoms with Crippen LogP contribution in [0.5, 0.6) is 0 Å². The summed E-state index contributed by atoms with van der Waals surface area (Å²) in [6.07, 6.45) is 9.77. The lowest BCUT2D eigenvalue weighted by atomic mass is 10.0. The topological polar surface area (TPSA) is 62.0 Å². The van der Waals surface area contributed by atoms with E-state index in [0.29, 0.717) is 0 Å². The first-order valence-corrected chi connectivity index (χ1v) is 5.53. The summed E-state index contributed by atoms with van der Waals surface area (Å²) in [6.45, 7) is 0. The monoisotopic (exact) mass is 218 g/mol. The van der Waals surface area contributed by atoms with E-state index >= 15 is 0 Å². The molecule has 0 amide bonds. The summed E-state index contributed by atoms with van der Waals surface area (Å²) >= 11 is 0. The molecule has 2 aliphatic rings. The Labute approximate surface area is 94.1 Å². The Bertz CT molecular complexity index is 417. The molecule has 0 aromatic rings. The van der Waals surface area contributed by atoms with Crippen molar-refractivity contribution in [2.45, 2.75) is 32.1 Å². The molecule has 0 aromatic carbocycles. The van der Waals surface area contributed by atoms with Crippen molar-refractivity contribution in [2.75, 3.05) is 0 Å². The van der Waals surface area contributed by atoms with Crippen molar-refractivity contribution < 1.29 is 9.90 Å². The van der Waals surface area contributed by atoms with Crippen LogP contribution in [0.2, 0.25) is 0 Å². The summed E-state index contributed by atoms with van der Waals surface area (Å²) in [7, 11) is 0. The van der Waals surface area contributed by atoms with E-state index in [-0.39, 0.29) is 6.42 Å². The van der Waals surface area contributed by atoms with Crippen LogP contribution in [0.1, 0.15) is 32.1 Å². The van der Waals surface area contributed by atoms with Crippen LogP contribution >= 0.6 is 0 Å². The minimum absolute atomic E-state index is 0.262. The van der Waals surface area contributed by atoms with Crippen molar-refractivity contribution >= 4 is 17.4 Å². The maximum atomic E-state index is 10.3. The van der Waals surface area contributed by atoms with Crippen molar-refractivity contribution in [3.63, 3.8) is 0 Å². The molecule has 0 atom stereocenters. The van der Waals surface area contributed by atoms with Gasteiger partial charge in [-0.25, -0.2) is 0 Å². The lowest BCUT2D eigenvalue weighted by molar-refractivity contribution is -0.137. The second-order valence-corrected chi connectivity index (χ2v) is 3.93. The number of fused-ring (bicyclic) bond motifs is 1. The molecule has 0 spiro atoms. The zero-order valence-electron chi connectivity index (χ0n) is 9.02. The molecular formula is C12H14N2O2. The van der Waals surface area contributed by atoms with Gasteiger partial charge in [0, 0.05) is 12.0 Å². The first kappa shape index (κ1) is 10.8. The largest absolute Gasteiger partial charge is 0.481 e. The minimum Gasteiger partial charge on any atom is -0.481 e. The molecule has 1 N–H and O–H groups in total. The highest BCUT2D eigenvalue weighted by atomic mass is 16.4. The second-order valence-electron chi connectivity index (χ2n) is 3.93. The third kappa shape index (κ3) is 2.45. The normalized spacial score (nSPS) is 16.9. The summed E-state index contributed by atoms with van der Waals surface area (Å²) < 4.78 is 0. The zero-order valence-corrected chi connectivity index (χ0v) is 9.02. The predicted octanol–water partition coefficient (Wildman–Crippen LogP) is 2.33. The number of rotatable bonds is 6. The molecule has 0 radical (unpaired) electrons. The van der Waals surface area contributed by atoms with Crippen molar-refractivity contribution in [1.82, 2.24) is 0 Å². The van der Waals surface area contributed by atoms with Gasteiger partial charge in [-0.05, 0) is 25.3 Å². The van der Waals surface area contributed by atoms with E-state index in [1.807, 2.05) is 18.2 Å². The Morgan fingerprint density at radius 3 is 2.94 bits per heavy atom. The van der Waals surface area contributed by atoms with E-state index in [1.165, 1.54) is 0 Å². The van der Waals surface area contributed by atoms with Gasteiger partial charge in [-0.3, -0.25) is 4.79 Å². The van der Waals surface area contributed by atoms with Crippen LogP contribution in [0, 0.1) is 0 Å². The summed E-state index contributed by atoms with van der Waals surface area (Å²) in [5, 5.41) is 16.7. The number of allylic oxidation sites excluding steroid dienone is 4. The van der Waals surface area contributed by atoms with Gasteiger partial charge in [0.2, 0.25) is 0 Å². The van der Waals surface area contributed by atoms with Crippen molar-refractivity contribution in [1.29, 1.82) is 0 Å². The van der Waals surface area contributed by atoms with Gasteiger partial charge in [0.25, 0.3) is 0 Å². The first-order valence-electron chi connectivity index (χ1n) is 5.53. The van der Waals surface area contributed by atoms with Crippen LogP contribution < -0.4 is 0 Å². The molecule has 1 aliphatic carbocycles. The standard InChI is InChI=1S/C12H14N2O2/c15-12(16)8-3-1-2-6-10-9-5-4-7-11(9)14-13-10/h4-5,7H,1-3,6,8H2,(H,15,16). The Morgan fingerprint density at radius 1 is 1.25 bits per heavy atom. The molecule has 1 aliphatic heterocycles. The van der Waals surface area contributed by atoms with Crippen LogP contribution in [-0.4, -0.2) is 22.5 Å². The second kappa shape index (κ2) is 4.88. The Kier molecular flexibility index (Phi) is 3.29. The zero-order chi connectivity index (χ0) is 11.4. The van der Waals surface area contributed by atoms with Crippen LogP contribution in [0.4, 0.5) is 0 Å². The van der Waals surface area contributed by atoms with Gasteiger partial charge in [-0.1, -0.05) is 18.6 Å². The fraction of sp³-hybridized carbons (Fsp3) is 0.417. The summed E-state index contributed by atoms with van der Waals surface area (Å²) in [5.74, 6) is -0.716. The van der Waals surface area contributed by atoms with Gasteiger partial charge in [0.05, 0.1) is 11.4 Å². The van der Waals surface area contributed by atoms with Gasteiger partial charge in [0.15, 0.2) is 0 Å². The highest BCUT2D eigenvalue weighted by molar-refractivity contribution is 6.32. The highest BCUT2D eigenvalue weighted by Crippen LogP contribution is 2.20. The fourth-order valence-electron chi connectivity index (χ4n) is 1.84. The van der Waals surface area contributed by atoms with Gasteiger partial charge in [-0.2, -0.15) is 10.2 Å². The van der Waals surface area contributed by atoms with Gasteiger partial charge < -0.3 is 5.11 Å². The Morgan fingerprint density at radius 2 is 2.12 bits per heavy atom. The lowest BCUT2D eigenvalue weighted by Gasteiger charge is -2.01. The van der Waals surface area contributed by atoms with E-state index in [4.69, 9.17) is 5.11 Å². The molecule has 0 saturated heterocycles. The van der Waals surface area contributed by atoms with E-state index < -0.39 is 5.97 Å². The minimum atomic E-state index is -0.716. The molecular weight excluding hydrogens is 204 g/mol. The lowest BCUT2D eigenvalue weighted by Crippen LogP contribution is -2.03. The summed E-state index contributed by atoms with van der Waals surface area (Å²) in [6, 6.07) is 0. The number of carboxylic acid groups (broad SMARTS) is 1. The first-order chi connectivity index (χ1) is 7.77. The predicted molar refractivity (Wildman–Crippen MR) is 62.8 cm³/mol. The molecule has 0 unspecified atom stereocenters. The van der Waals surface area contributed by atoms with Crippen molar-refractivity contribution in [2.24, 2.45) is 10.2 Å². The summed E-state index contributed by atoms with van der Waals surface area (Å²) in [4.78, 5) is 10.3. The van der Waals surface area contributed by atoms with Crippen LogP contribution in [0.3, 0.4) is 0 Å². The molecule has 84 valence electrons. The number of hydrogen-bond donors (Lipinski definition) is 1. The highest BCUT2D eigenvalue weighted by Gasteiger charge is 2.19. The molecule has 0 aromatic heterocycles. The van der Waals surface area contributed by atoms with Gasteiger partial charge in [0.1, 0.15) is 0 Å². The van der Waals surface area contributed by atoms with Crippen LogP contribution in [0.25, 0.3) is 0 Å². The SMILES string of the molecule is O=C(O)CCCCCC1=NN=C2C=CC=C21. The molecule has 2 rings (SSSR count). The number of hydrogen-bond acceptors (Lipinski definition) is 3. The molecule has 0 bridgehead atoms. The van der Waals surface area contributed by atoms with E-state index in [0.717, 1.165) is 42.7 Å². The molecule has 4 heteroatoms. The molecule has 0 fully saturated rings. The number of carbonyl (C=O) groups is 1. The maximum Gasteiger partial charge on any atom is 0.303 e. The molecule has 4 nitrogen and oxygen atoms in total. The average molecular weight is 218 g/mol. The number of unbranched alkanes of at least 4 members (excludes halogenated alkanes) is 2. The smallest absolute Gasteiger partial charge is 0.303 e. The van der Waals surface area contributed by atoms with Gasteiger partial charge >= 0.3 is 5.97 Å². The van der Waals surface area contributed by atoms with Crippen molar-refractivity contribution in [3.05, 3.63) is 23.8 Å². The number of aliphatic carboxylic acids is 1. The average Bonchev–Trinajstić information content (AvgIpc) is 2.80. The molecule has 16 heavy (non-hydrogen) atoms. The quantitative estimate of drug-likeness (QED) is 0.695. The Hall–Kier alpha value is -1.71. The maximum absolute atomic E-state index is 10.3. The third-order valence-electron chi connectivity index (χ3n) is 2.69. The summed E-state index contributed by atoms with van der Waals surface area (Å²) in [5.41, 5.74) is 3.13. The fourth-order valence-corrected chi connectivity index (χ4v) is 1.84. The van der Waals surface area contributed by atoms with Crippen molar-refractivity contribution in [3.8, 4) is 0 Å². The number of nitrogens with zero attached hydrogens (tertiary/aromatic N) is 2.